The van der Waals surface area contributed by atoms with Gasteiger partial charge in [-0.3, -0.25) is 9.97 Å². The van der Waals surface area contributed by atoms with Crippen molar-refractivity contribution in [2.45, 2.75) is 89.4 Å². The first-order valence-corrected chi connectivity index (χ1v) is 25.1. The number of nitriles is 2. The zero-order chi connectivity index (χ0) is 50.9. The lowest BCUT2D eigenvalue weighted by Gasteiger charge is -2.38. The lowest BCUT2D eigenvalue weighted by Crippen LogP contribution is -2.21. The highest BCUT2D eigenvalue weighted by molar-refractivity contribution is 5.85. The van der Waals surface area contributed by atoms with E-state index in [0.29, 0.717) is 16.8 Å². The van der Waals surface area contributed by atoms with Crippen molar-refractivity contribution in [1.29, 1.82) is 10.5 Å². The van der Waals surface area contributed by atoms with Gasteiger partial charge in [-0.25, -0.2) is 9.53 Å². The largest absolute Gasteiger partial charge is 0.256 e. The van der Waals surface area contributed by atoms with Crippen LogP contribution in [0.3, 0.4) is 0 Å². The monoisotopic (exact) mass is 947 g/mol. The van der Waals surface area contributed by atoms with Gasteiger partial charge in [0.25, 0.3) is 0 Å². The van der Waals surface area contributed by atoms with E-state index in [1.54, 1.807) is 10.9 Å². The van der Waals surface area contributed by atoms with E-state index >= 15 is 0 Å². The molecule has 1 fully saturated rings. The molecule has 356 valence electrons. The minimum Gasteiger partial charge on any atom is -0.256 e. The molecule has 73 heavy (non-hydrogen) atoms. The zero-order valence-electron chi connectivity index (χ0n) is 42.3. The van der Waals surface area contributed by atoms with E-state index in [1.807, 2.05) is 48.9 Å². The fraction of sp³-hybridized carbons (Fsp3) is 0.212. The molecule has 3 aromatic heterocycles. The Morgan fingerprint density at radius 1 is 0.493 bits per heavy atom. The van der Waals surface area contributed by atoms with Gasteiger partial charge >= 0.3 is 0 Å². The smallest absolute Gasteiger partial charge is 0.195 e. The predicted octanol–water partition coefficient (Wildman–Crippen LogP) is 16.7. The first-order valence-electron chi connectivity index (χ1n) is 25.1. The molecule has 6 aromatic carbocycles. The SMILES string of the molecule is [C-]#[N+]c1cc(-c2cc(C(C)(C)C)ccn2)ccc1-c1ccccc1C1CC(c2ccccc2-c2ccc(-c3cc(C(C)(C)C)ccn3)cc2C#N)CC(c2ccccc2-c2ccc(-n3cccn3)cc2C#N)C1. The average Bonchev–Trinajstić information content (AvgIpc) is 3.98. The molecule has 10 rings (SSSR count). The third kappa shape index (κ3) is 9.74. The van der Waals surface area contributed by atoms with Crippen molar-refractivity contribution >= 4 is 5.69 Å². The van der Waals surface area contributed by atoms with Crippen LogP contribution < -0.4 is 0 Å². The van der Waals surface area contributed by atoms with Gasteiger partial charge in [-0.15, -0.1) is 0 Å². The molecule has 0 saturated heterocycles. The summed E-state index contributed by atoms with van der Waals surface area (Å²) in [5.41, 5.74) is 17.8. The summed E-state index contributed by atoms with van der Waals surface area (Å²) >= 11 is 0. The van der Waals surface area contributed by atoms with Gasteiger partial charge in [0, 0.05) is 30.4 Å². The first-order chi connectivity index (χ1) is 35.3. The molecule has 3 unspecified atom stereocenters. The maximum atomic E-state index is 10.9. The molecule has 7 nitrogen and oxygen atoms in total. The number of nitrogens with zero attached hydrogens (tertiary/aromatic N) is 7. The summed E-state index contributed by atoms with van der Waals surface area (Å²) in [5, 5.41) is 26.0. The van der Waals surface area contributed by atoms with Crippen LogP contribution in [0.25, 0.3) is 66.4 Å². The van der Waals surface area contributed by atoms with Crippen LogP contribution in [-0.2, 0) is 10.8 Å². The number of pyridine rings is 2. The van der Waals surface area contributed by atoms with E-state index in [-0.39, 0.29) is 28.6 Å². The molecule has 0 bridgehead atoms. The Bertz CT molecular complexity index is 3470. The molecule has 1 saturated carbocycles. The highest BCUT2D eigenvalue weighted by Gasteiger charge is 2.35. The number of rotatable bonds is 9. The van der Waals surface area contributed by atoms with Gasteiger partial charge < -0.3 is 0 Å². The van der Waals surface area contributed by atoms with Crippen molar-refractivity contribution in [1.82, 2.24) is 19.7 Å². The average molecular weight is 948 g/mol. The minimum atomic E-state index is -0.0462. The van der Waals surface area contributed by atoms with Gasteiger partial charge in [0.05, 0.1) is 46.9 Å². The quantitative estimate of drug-likeness (QED) is 0.134. The molecule has 7 heteroatoms. The number of hydrogen-bond donors (Lipinski definition) is 0. The summed E-state index contributed by atoms with van der Waals surface area (Å²) in [6.45, 7) is 21.7. The standard InChI is InChI=1S/C66H57N7/c1-65(2,3)50-27-30-70-62(39-50)43-21-24-56(48(33-43)41-67)58-18-11-8-15-53(58)45-34-46(54-16-9-12-19-59(54)57-26-23-52(37-49(57)42-68)73-32-14-29-72-73)36-47(35-45)55-17-10-13-20-60(55)61-25-22-44(38-64(61)69-7)63-40-51(28-31-71-63)66(4,5)6/h8-33,37-40,45-47H,34-36H2,1-6H3. The number of aromatic nitrogens is 4. The van der Waals surface area contributed by atoms with Crippen molar-refractivity contribution in [3.05, 3.63) is 233 Å². The highest BCUT2D eigenvalue weighted by Crippen LogP contribution is 2.53. The molecule has 3 heterocycles. The van der Waals surface area contributed by atoms with Crippen LogP contribution in [0.1, 0.15) is 118 Å². The topological polar surface area (TPSA) is 95.5 Å². The third-order valence-electron chi connectivity index (χ3n) is 14.8. The minimum absolute atomic E-state index is 0.0429. The summed E-state index contributed by atoms with van der Waals surface area (Å²) < 4.78 is 1.78. The summed E-state index contributed by atoms with van der Waals surface area (Å²) in [7, 11) is 0. The van der Waals surface area contributed by atoms with Crippen LogP contribution in [0.2, 0.25) is 0 Å². The van der Waals surface area contributed by atoms with E-state index in [0.717, 1.165) is 80.8 Å². The van der Waals surface area contributed by atoms with E-state index in [1.165, 1.54) is 27.8 Å². The highest BCUT2D eigenvalue weighted by atomic mass is 15.3. The van der Waals surface area contributed by atoms with Crippen LogP contribution in [0.15, 0.2) is 183 Å². The van der Waals surface area contributed by atoms with Crippen molar-refractivity contribution < 1.29 is 0 Å². The van der Waals surface area contributed by atoms with E-state index in [9.17, 15) is 10.5 Å². The van der Waals surface area contributed by atoms with Crippen LogP contribution in [0, 0.1) is 29.2 Å². The van der Waals surface area contributed by atoms with Crippen LogP contribution in [0.5, 0.6) is 0 Å². The molecular formula is C66H57N7. The molecule has 0 amide bonds. The van der Waals surface area contributed by atoms with Gasteiger partial charge in [0.2, 0.25) is 0 Å². The molecule has 3 atom stereocenters. The Labute approximate surface area is 430 Å². The molecule has 0 spiro atoms. The first kappa shape index (κ1) is 48.0. The predicted molar refractivity (Wildman–Crippen MR) is 294 cm³/mol. The van der Waals surface area contributed by atoms with Crippen LogP contribution in [0.4, 0.5) is 5.69 Å². The maximum Gasteiger partial charge on any atom is 0.195 e. The van der Waals surface area contributed by atoms with E-state index in [4.69, 9.17) is 16.5 Å². The van der Waals surface area contributed by atoms with Crippen molar-refractivity contribution in [2.75, 3.05) is 0 Å². The second kappa shape index (κ2) is 19.8. The summed E-state index contributed by atoms with van der Waals surface area (Å²) in [5.74, 6) is 0.251. The van der Waals surface area contributed by atoms with Crippen molar-refractivity contribution in [3.63, 3.8) is 0 Å². The maximum absolute atomic E-state index is 10.9. The van der Waals surface area contributed by atoms with E-state index < -0.39 is 0 Å². The summed E-state index contributed by atoms with van der Waals surface area (Å²) in [4.78, 5) is 13.6. The second-order valence-corrected chi connectivity index (χ2v) is 21.4. The molecule has 0 N–H and O–H groups in total. The zero-order valence-corrected chi connectivity index (χ0v) is 42.3. The molecule has 0 aliphatic heterocycles. The Morgan fingerprint density at radius 2 is 0.945 bits per heavy atom. The Hall–Kier alpha value is -8.70. The fourth-order valence-electron chi connectivity index (χ4n) is 11.0. The Kier molecular flexibility index (Phi) is 13.0. The molecule has 0 radical (unpaired) electrons. The normalized spacial score (nSPS) is 15.7. The number of benzene rings is 6. The fourth-order valence-corrected chi connectivity index (χ4v) is 11.0. The Balaban J connectivity index is 1.09. The van der Waals surface area contributed by atoms with Gasteiger partial charge in [0.1, 0.15) is 0 Å². The number of hydrogen-bond acceptors (Lipinski definition) is 5. The summed E-state index contributed by atoms with van der Waals surface area (Å²) in [6, 6.07) is 59.6. The lowest BCUT2D eigenvalue weighted by atomic mass is 9.66. The molecule has 1 aliphatic rings. The van der Waals surface area contributed by atoms with Gasteiger partial charge in [-0.1, -0.05) is 145 Å². The van der Waals surface area contributed by atoms with Crippen molar-refractivity contribution in [3.8, 4) is 73.7 Å². The van der Waals surface area contributed by atoms with Gasteiger partial charge in [-0.05, 0) is 169 Å². The Morgan fingerprint density at radius 3 is 1.41 bits per heavy atom. The summed E-state index contributed by atoms with van der Waals surface area (Å²) in [6.07, 6.45) is 9.91. The lowest BCUT2D eigenvalue weighted by molar-refractivity contribution is 0.353. The van der Waals surface area contributed by atoms with E-state index in [2.05, 4.69) is 191 Å². The van der Waals surface area contributed by atoms with Crippen LogP contribution in [-0.4, -0.2) is 19.7 Å². The molecule has 9 aromatic rings. The van der Waals surface area contributed by atoms with Gasteiger partial charge in [0.15, 0.2) is 5.69 Å². The van der Waals surface area contributed by atoms with Crippen molar-refractivity contribution in [2.24, 2.45) is 0 Å². The second-order valence-electron chi connectivity index (χ2n) is 21.4. The van der Waals surface area contributed by atoms with Gasteiger partial charge in [-0.2, -0.15) is 15.6 Å². The van der Waals surface area contributed by atoms with Crippen LogP contribution >= 0.6 is 0 Å². The molecule has 1 aliphatic carbocycles. The third-order valence-corrected chi connectivity index (χ3v) is 14.8. The molecular weight excluding hydrogens is 891 g/mol.